The van der Waals surface area contributed by atoms with Crippen molar-refractivity contribution in [1.82, 2.24) is 4.90 Å². The highest BCUT2D eigenvalue weighted by Crippen LogP contribution is 2.27. The van der Waals surface area contributed by atoms with Crippen LogP contribution in [0.1, 0.15) is 31.9 Å². The minimum Gasteiger partial charge on any atom is -0.490 e. The van der Waals surface area contributed by atoms with E-state index >= 15 is 0 Å². The fraction of sp³-hybridized carbons (Fsp3) is 0.625. The van der Waals surface area contributed by atoms with Gasteiger partial charge in [-0.05, 0) is 19.0 Å². The van der Waals surface area contributed by atoms with Gasteiger partial charge in [0.15, 0.2) is 0 Å². The number of benzene rings is 1. The molecule has 1 aromatic rings. The molecule has 4 nitrogen and oxygen atoms in total. The van der Waals surface area contributed by atoms with Crippen molar-refractivity contribution in [3.63, 3.8) is 0 Å². The first-order valence-electron chi connectivity index (χ1n) is 7.48. The van der Waals surface area contributed by atoms with Gasteiger partial charge in [0.1, 0.15) is 18.5 Å². The van der Waals surface area contributed by atoms with E-state index in [1.54, 1.807) is 0 Å². The number of nitrogens with zero attached hydrogens (tertiary/aromatic N) is 1. The molecule has 1 aliphatic rings. The summed E-state index contributed by atoms with van der Waals surface area (Å²) < 4.78 is 11.6. The van der Waals surface area contributed by atoms with Gasteiger partial charge in [-0.2, -0.15) is 0 Å². The van der Waals surface area contributed by atoms with Gasteiger partial charge in [-0.25, -0.2) is 0 Å². The molecule has 1 unspecified atom stereocenters. The van der Waals surface area contributed by atoms with Gasteiger partial charge in [0.25, 0.3) is 0 Å². The van der Waals surface area contributed by atoms with Gasteiger partial charge in [0.05, 0.1) is 12.7 Å². The average molecular weight is 279 g/mol. The van der Waals surface area contributed by atoms with Crippen LogP contribution in [-0.4, -0.2) is 49.0 Å². The smallest absolute Gasteiger partial charge is 0.125 e. The van der Waals surface area contributed by atoms with Crippen LogP contribution >= 0.6 is 0 Å². The summed E-state index contributed by atoms with van der Waals surface area (Å²) in [5.74, 6) is 0.763. The molecule has 0 radical (unpaired) electrons. The number of para-hydroxylation sites is 1. The van der Waals surface area contributed by atoms with Crippen LogP contribution < -0.4 is 4.74 Å². The Labute approximate surface area is 121 Å². The van der Waals surface area contributed by atoms with Crippen molar-refractivity contribution in [2.45, 2.75) is 32.5 Å². The molecule has 1 N–H and O–H groups in total. The van der Waals surface area contributed by atoms with Crippen molar-refractivity contribution >= 4 is 0 Å². The van der Waals surface area contributed by atoms with Crippen LogP contribution in [0.2, 0.25) is 0 Å². The van der Waals surface area contributed by atoms with E-state index in [1.807, 2.05) is 31.2 Å². The Hall–Kier alpha value is -1.10. The molecule has 2 rings (SSSR count). The van der Waals surface area contributed by atoms with Crippen LogP contribution in [0.3, 0.4) is 0 Å². The molecule has 1 aliphatic heterocycles. The number of hydrogen-bond donors (Lipinski definition) is 1. The molecule has 0 saturated carbocycles. The summed E-state index contributed by atoms with van der Waals surface area (Å²) in [6, 6.07) is 7.69. The van der Waals surface area contributed by atoms with E-state index in [0.29, 0.717) is 13.0 Å². The normalized spacial score (nSPS) is 21.6. The molecule has 0 bridgehead atoms. The lowest BCUT2D eigenvalue weighted by Crippen LogP contribution is -2.44. The van der Waals surface area contributed by atoms with Crippen molar-refractivity contribution in [3.05, 3.63) is 29.8 Å². The molecule has 1 aromatic carbocycles. The summed E-state index contributed by atoms with van der Waals surface area (Å²) in [5, 5.41) is 10.0. The highest BCUT2D eigenvalue weighted by atomic mass is 16.5. The van der Waals surface area contributed by atoms with E-state index < -0.39 is 6.10 Å². The highest BCUT2D eigenvalue weighted by Gasteiger charge is 2.20. The summed E-state index contributed by atoms with van der Waals surface area (Å²) in [5.41, 5.74) is 0.859. The predicted octanol–water partition coefficient (Wildman–Crippen LogP) is 2.23. The first kappa shape index (κ1) is 15.3. The molecular weight excluding hydrogens is 254 g/mol. The Morgan fingerprint density at radius 1 is 1.40 bits per heavy atom. The van der Waals surface area contributed by atoms with Gasteiger partial charge < -0.3 is 14.6 Å². The maximum atomic E-state index is 10.0. The van der Waals surface area contributed by atoms with E-state index in [9.17, 15) is 5.11 Å². The molecule has 0 amide bonds. The molecule has 20 heavy (non-hydrogen) atoms. The maximum Gasteiger partial charge on any atom is 0.125 e. The summed E-state index contributed by atoms with van der Waals surface area (Å²) >= 11 is 0. The van der Waals surface area contributed by atoms with Gasteiger partial charge in [0.2, 0.25) is 0 Å². The molecule has 4 heteroatoms. The van der Waals surface area contributed by atoms with E-state index in [4.69, 9.17) is 9.47 Å². The lowest BCUT2D eigenvalue weighted by Gasteiger charge is -2.32. The Balaban J connectivity index is 1.93. The Bertz CT molecular complexity index is 410. The molecule has 0 aliphatic carbocycles. The second-order valence-corrected chi connectivity index (χ2v) is 5.16. The summed E-state index contributed by atoms with van der Waals surface area (Å²) in [4.78, 5) is 2.37. The van der Waals surface area contributed by atoms with E-state index in [2.05, 4.69) is 11.8 Å². The molecule has 0 spiro atoms. The van der Waals surface area contributed by atoms with Crippen LogP contribution in [0.25, 0.3) is 0 Å². The zero-order chi connectivity index (χ0) is 14.4. The Morgan fingerprint density at radius 3 is 2.95 bits per heavy atom. The second-order valence-electron chi connectivity index (χ2n) is 5.16. The van der Waals surface area contributed by atoms with Crippen molar-refractivity contribution in [3.8, 4) is 5.75 Å². The maximum absolute atomic E-state index is 10.0. The molecule has 1 fully saturated rings. The average Bonchev–Trinajstić information content (AvgIpc) is 2.52. The van der Waals surface area contributed by atoms with Crippen molar-refractivity contribution in [1.29, 1.82) is 0 Å². The van der Waals surface area contributed by atoms with Gasteiger partial charge in [0, 0.05) is 18.7 Å². The number of ether oxygens (including phenoxy) is 2. The zero-order valence-electron chi connectivity index (χ0n) is 12.4. The van der Waals surface area contributed by atoms with Crippen molar-refractivity contribution < 1.29 is 14.6 Å². The van der Waals surface area contributed by atoms with Gasteiger partial charge in [-0.1, -0.05) is 32.0 Å². The summed E-state index contributed by atoms with van der Waals surface area (Å²) in [6.07, 6.45) is 0.324. The molecule has 2 atom stereocenters. The molecular formula is C16H25NO3. The number of aliphatic hydroxyl groups is 1. The number of hydrogen-bond acceptors (Lipinski definition) is 4. The molecule has 1 heterocycles. The highest BCUT2D eigenvalue weighted by molar-refractivity contribution is 5.35. The van der Waals surface area contributed by atoms with Gasteiger partial charge >= 0.3 is 0 Å². The summed E-state index contributed by atoms with van der Waals surface area (Å²) in [7, 11) is 0. The Morgan fingerprint density at radius 2 is 2.20 bits per heavy atom. The van der Waals surface area contributed by atoms with Gasteiger partial charge in [-0.3, -0.25) is 4.90 Å². The minimum atomic E-state index is -0.467. The van der Waals surface area contributed by atoms with Crippen LogP contribution in [0.4, 0.5) is 0 Å². The monoisotopic (exact) mass is 279 g/mol. The lowest BCUT2D eigenvalue weighted by molar-refractivity contribution is -0.0467. The lowest BCUT2D eigenvalue weighted by atomic mass is 10.1. The fourth-order valence-corrected chi connectivity index (χ4v) is 2.46. The topological polar surface area (TPSA) is 41.9 Å². The fourth-order valence-electron chi connectivity index (χ4n) is 2.46. The first-order chi connectivity index (χ1) is 9.74. The van der Waals surface area contributed by atoms with Crippen LogP contribution in [-0.2, 0) is 4.74 Å². The van der Waals surface area contributed by atoms with E-state index in [1.165, 1.54) is 0 Å². The molecule has 112 valence electrons. The largest absolute Gasteiger partial charge is 0.490 e. The number of likely N-dealkylation sites (N-methyl/N-ethyl adjacent to an activating group) is 1. The third-order valence-corrected chi connectivity index (χ3v) is 3.76. The van der Waals surface area contributed by atoms with Crippen LogP contribution in [0.5, 0.6) is 5.75 Å². The standard InChI is InChI=1S/C16H25NO3/c1-3-15(18)14-7-5-6-8-16(14)20-12-13-11-17(4-2)9-10-19-13/h5-8,13,15,18H,3-4,9-12H2,1-2H3/t13?,15-/m0/s1. The number of aliphatic hydroxyl groups excluding tert-OH is 1. The van der Waals surface area contributed by atoms with Crippen molar-refractivity contribution in [2.24, 2.45) is 0 Å². The predicted molar refractivity (Wildman–Crippen MR) is 79.0 cm³/mol. The zero-order valence-corrected chi connectivity index (χ0v) is 12.4. The van der Waals surface area contributed by atoms with Crippen molar-refractivity contribution in [2.75, 3.05) is 32.8 Å². The van der Waals surface area contributed by atoms with Gasteiger partial charge in [-0.15, -0.1) is 0 Å². The quantitative estimate of drug-likeness (QED) is 0.867. The van der Waals surface area contributed by atoms with E-state index in [0.717, 1.165) is 37.6 Å². The van der Waals surface area contributed by atoms with Crippen LogP contribution in [0, 0.1) is 0 Å². The number of morpholine rings is 1. The summed E-state index contributed by atoms with van der Waals surface area (Å²) in [6.45, 7) is 8.38. The number of rotatable bonds is 6. The molecule has 0 aromatic heterocycles. The van der Waals surface area contributed by atoms with E-state index in [-0.39, 0.29) is 6.10 Å². The molecule has 1 saturated heterocycles. The minimum absolute atomic E-state index is 0.107. The third-order valence-electron chi connectivity index (χ3n) is 3.76. The SMILES string of the molecule is CC[C@H](O)c1ccccc1OCC1CN(CC)CCO1. The third kappa shape index (κ3) is 3.95. The second kappa shape index (κ2) is 7.62. The van der Waals surface area contributed by atoms with Crippen LogP contribution in [0.15, 0.2) is 24.3 Å². The Kier molecular flexibility index (Phi) is 5.83. The first-order valence-corrected chi connectivity index (χ1v) is 7.48.